The number of urea groups is 1. The molecule has 4 aromatic rings. The number of rotatable bonds is 6. The minimum absolute atomic E-state index is 0.189. The molecule has 188 valence electrons. The minimum Gasteiger partial charge on any atom is -0.334 e. The molecule has 0 spiro atoms. The quantitative estimate of drug-likeness (QED) is 0.309. The second-order valence-corrected chi connectivity index (χ2v) is 9.63. The van der Waals surface area contributed by atoms with E-state index >= 15 is 0 Å². The fraction of sp³-hybridized carbons (Fsp3) is 0.258. The normalized spacial score (nSPS) is 15.8. The molecule has 0 radical (unpaired) electrons. The molecule has 0 fully saturated rings. The first-order valence-corrected chi connectivity index (χ1v) is 12.8. The van der Waals surface area contributed by atoms with E-state index < -0.39 is 6.04 Å². The van der Waals surface area contributed by atoms with Crippen LogP contribution in [0.1, 0.15) is 60.5 Å². The molecule has 0 saturated heterocycles. The van der Waals surface area contributed by atoms with Crippen LogP contribution in [0.4, 0.5) is 10.5 Å². The van der Waals surface area contributed by atoms with Crippen molar-refractivity contribution in [1.29, 1.82) is 0 Å². The number of aryl methyl sites for hydroxylation is 4. The second kappa shape index (κ2) is 10.1. The number of nitrogens with zero attached hydrogens (tertiary/aromatic N) is 3. The number of amides is 2. The van der Waals surface area contributed by atoms with Gasteiger partial charge in [-0.15, -0.1) is 0 Å². The third-order valence-electron chi connectivity index (χ3n) is 6.95. The van der Waals surface area contributed by atoms with Crippen molar-refractivity contribution < 1.29 is 9.32 Å². The van der Waals surface area contributed by atoms with Crippen molar-refractivity contribution in [2.45, 2.75) is 53.5 Å². The summed E-state index contributed by atoms with van der Waals surface area (Å²) in [5.41, 5.74) is 8.87. The lowest BCUT2D eigenvalue weighted by molar-refractivity contribution is 0.244. The largest absolute Gasteiger partial charge is 0.334 e. The Morgan fingerprint density at radius 3 is 2.05 bits per heavy atom. The van der Waals surface area contributed by atoms with Gasteiger partial charge in [0.15, 0.2) is 0 Å². The summed E-state index contributed by atoms with van der Waals surface area (Å²) in [6.45, 7) is 10.3. The number of aromatic nitrogens is 2. The first-order chi connectivity index (χ1) is 17.9. The third-order valence-corrected chi connectivity index (χ3v) is 6.95. The number of hydrogen-bond donors (Lipinski definition) is 1. The highest BCUT2D eigenvalue weighted by atomic mass is 16.5. The molecule has 2 heterocycles. The van der Waals surface area contributed by atoms with Crippen molar-refractivity contribution in [2.75, 3.05) is 4.90 Å². The average Bonchev–Trinajstić information content (AvgIpc) is 3.37. The zero-order valence-electron chi connectivity index (χ0n) is 22.0. The van der Waals surface area contributed by atoms with Gasteiger partial charge in [-0.25, -0.2) is 4.79 Å². The smallest absolute Gasteiger partial charge is 0.326 e. The highest BCUT2D eigenvalue weighted by Gasteiger charge is 2.36. The SMILES string of the molecule is CCc1ccc(-c2noc(C3=C(C)N(c4cc(C)cc(C)c4)C(=O)NC3c3ccc(CC)cc3)n2)cc1. The number of allylic oxidation sites excluding steroid dienone is 1. The number of benzene rings is 3. The van der Waals surface area contributed by atoms with Crippen molar-refractivity contribution in [3.8, 4) is 11.4 Å². The molecule has 0 bridgehead atoms. The van der Waals surface area contributed by atoms with E-state index in [0.717, 1.165) is 52.1 Å². The van der Waals surface area contributed by atoms with Crippen molar-refractivity contribution in [3.63, 3.8) is 0 Å². The highest BCUT2D eigenvalue weighted by molar-refractivity contribution is 6.01. The van der Waals surface area contributed by atoms with Crippen molar-refractivity contribution in [3.05, 3.63) is 106 Å². The molecule has 1 aliphatic heterocycles. The Kier molecular flexibility index (Phi) is 6.66. The fourth-order valence-corrected chi connectivity index (χ4v) is 4.95. The molecule has 0 aliphatic carbocycles. The average molecular weight is 493 g/mol. The monoisotopic (exact) mass is 492 g/mol. The molecular formula is C31H32N4O2. The number of hydrogen-bond acceptors (Lipinski definition) is 4. The van der Waals surface area contributed by atoms with Gasteiger partial charge < -0.3 is 9.84 Å². The van der Waals surface area contributed by atoms with Gasteiger partial charge in [0.05, 0.1) is 17.3 Å². The Labute approximate surface area is 218 Å². The van der Waals surface area contributed by atoms with Gasteiger partial charge in [-0.2, -0.15) is 4.98 Å². The van der Waals surface area contributed by atoms with Gasteiger partial charge in [0.1, 0.15) is 0 Å². The van der Waals surface area contributed by atoms with Crippen LogP contribution >= 0.6 is 0 Å². The molecule has 0 saturated carbocycles. The molecule has 1 N–H and O–H groups in total. The van der Waals surface area contributed by atoms with Crippen LogP contribution in [0.25, 0.3) is 17.0 Å². The lowest BCUT2D eigenvalue weighted by atomic mass is 9.93. The summed E-state index contributed by atoms with van der Waals surface area (Å²) in [6.07, 6.45) is 1.92. The molecule has 1 unspecified atom stereocenters. The van der Waals surface area contributed by atoms with Crippen LogP contribution < -0.4 is 10.2 Å². The second-order valence-electron chi connectivity index (χ2n) is 9.63. The third kappa shape index (κ3) is 4.79. The molecule has 1 aliphatic rings. The summed E-state index contributed by atoms with van der Waals surface area (Å²) < 4.78 is 5.85. The minimum atomic E-state index is -0.420. The highest BCUT2D eigenvalue weighted by Crippen LogP contribution is 2.39. The lowest BCUT2D eigenvalue weighted by Gasteiger charge is -2.35. The van der Waals surface area contributed by atoms with E-state index in [4.69, 9.17) is 9.51 Å². The van der Waals surface area contributed by atoms with Crippen LogP contribution in [0.2, 0.25) is 0 Å². The first-order valence-electron chi connectivity index (χ1n) is 12.8. The van der Waals surface area contributed by atoms with Crippen LogP contribution in [0.5, 0.6) is 0 Å². The van der Waals surface area contributed by atoms with Gasteiger partial charge in [-0.05, 0) is 73.6 Å². The van der Waals surface area contributed by atoms with E-state index in [2.05, 4.69) is 66.8 Å². The number of anilines is 1. The summed E-state index contributed by atoms with van der Waals surface area (Å²) in [6, 6.07) is 22.0. The predicted molar refractivity (Wildman–Crippen MR) is 147 cm³/mol. The van der Waals surface area contributed by atoms with Gasteiger partial charge in [0.25, 0.3) is 5.89 Å². The summed E-state index contributed by atoms with van der Waals surface area (Å²) >= 11 is 0. The summed E-state index contributed by atoms with van der Waals surface area (Å²) in [5, 5.41) is 7.50. The molecule has 37 heavy (non-hydrogen) atoms. The van der Waals surface area contributed by atoms with E-state index in [9.17, 15) is 4.79 Å². The van der Waals surface area contributed by atoms with Gasteiger partial charge in [-0.1, -0.05) is 73.6 Å². The number of carbonyl (C=O) groups excluding carboxylic acids is 1. The Hall–Kier alpha value is -4.19. The van der Waals surface area contributed by atoms with Crippen molar-refractivity contribution in [1.82, 2.24) is 15.5 Å². The van der Waals surface area contributed by atoms with Crippen LogP contribution in [0, 0.1) is 13.8 Å². The lowest BCUT2D eigenvalue weighted by Crippen LogP contribution is -2.46. The molecule has 2 amide bonds. The molecule has 6 nitrogen and oxygen atoms in total. The standard InChI is InChI=1S/C31H32N4O2/c1-6-22-8-12-24(13-9-22)28-27(30-33-29(34-37-30)25-14-10-23(7-2)11-15-25)21(5)35(31(36)32-28)26-17-19(3)16-20(4)18-26/h8-18,28H,6-7H2,1-5H3,(H,32,36). The van der Waals surface area contributed by atoms with E-state index in [1.165, 1.54) is 11.1 Å². The summed E-state index contributed by atoms with van der Waals surface area (Å²) in [4.78, 5) is 20.0. The zero-order valence-corrected chi connectivity index (χ0v) is 22.0. The maximum absolute atomic E-state index is 13.5. The van der Waals surface area contributed by atoms with E-state index in [1.54, 1.807) is 4.90 Å². The number of carbonyl (C=O) groups is 1. The van der Waals surface area contributed by atoms with Gasteiger partial charge >= 0.3 is 6.03 Å². The summed E-state index contributed by atoms with van der Waals surface area (Å²) in [5.74, 6) is 0.916. The van der Waals surface area contributed by atoms with Gasteiger partial charge in [0, 0.05) is 11.3 Å². The van der Waals surface area contributed by atoms with E-state index in [1.807, 2.05) is 45.0 Å². The molecular weight excluding hydrogens is 460 g/mol. The molecule has 3 aromatic carbocycles. The molecule has 6 heteroatoms. The Bertz CT molecular complexity index is 1450. The van der Waals surface area contributed by atoms with Gasteiger partial charge in [0.2, 0.25) is 5.82 Å². The fourth-order valence-electron chi connectivity index (χ4n) is 4.95. The molecule has 1 aromatic heterocycles. The first kappa shape index (κ1) is 24.5. The molecule has 1 atom stereocenters. The predicted octanol–water partition coefficient (Wildman–Crippen LogP) is 7.18. The van der Waals surface area contributed by atoms with Crippen molar-refractivity contribution in [2.24, 2.45) is 0 Å². The Balaban J connectivity index is 1.64. The van der Waals surface area contributed by atoms with Crippen molar-refractivity contribution >= 4 is 17.3 Å². The van der Waals surface area contributed by atoms with Crippen LogP contribution in [-0.4, -0.2) is 16.2 Å². The van der Waals surface area contributed by atoms with Crippen LogP contribution in [0.3, 0.4) is 0 Å². The topological polar surface area (TPSA) is 71.3 Å². The van der Waals surface area contributed by atoms with Crippen LogP contribution in [-0.2, 0) is 12.8 Å². The van der Waals surface area contributed by atoms with Crippen LogP contribution in [0.15, 0.2) is 77.0 Å². The Morgan fingerprint density at radius 1 is 0.865 bits per heavy atom. The Morgan fingerprint density at radius 2 is 1.46 bits per heavy atom. The maximum atomic E-state index is 13.5. The summed E-state index contributed by atoms with van der Waals surface area (Å²) in [7, 11) is 0. The van der Waals surface area contributed by atoms with Gasteiger partial charge in [-0.3, -0.25) is 4.90 Å². The van der Waals surface area contributed by atoms with E-state index in [-0.39, 0.29) is 6.03 Å². The molecule has 5 rings (SSSR count). The zero-order chi connectivity index (χ0) is 26.1. The van der Waals surface area contributed by atoms with E-state index in [0.29, 0.717) is 11.7 Å². The number of nitrogens with one attached hydrogen (secondary N) is 1. The maximum Gasteiger partial charge on any atom is 0.326 e.